The third-order valence-electron chi connectivity index (χ3n) is 2.45. The fourth-order valence-electron chi connectivity index (χ4n) is 1.61. The first-order valence-corrected chi connectivity index (χ1v) is 5.54. The smallest absolute Gasteiger partial charge is 0.251 e. The van der Waals surface area contributed by atoms with E-state index in [2.05, 4.69) is 21.2 Å². The van der Waals surface area contributed by atoms with Gasteiger partial charge in [-0.2, -0.15) is 0 Å². The zero-order valence-corrected chi connectivity index (χ0v) is 10.00. The summed E-state index contributed by atoms with van der Waals surface area (Å²) in [7, 11) is 0. The highest BCUT2D eigenvalue weighted by molar-refractivity contribution is 9.10. The molecular weight excluding hydrogens is 265 g/mol. The molecule has 0 saturated heterocycles. The van der Waals surface area contributed by atoms with Crippen LogP contribution in [0.5, 0.6) is 0 Å². The number of amides is 1. The van der Waals surface area contributed by atoms with Crippen LogP contribution >= 0.6 is 27.5 Å². The number of nitrogens with one attached hydrogen (secondary N) is 1. The van der Waals surface area contributed by atoms with E-state index in [-0.39, 0.29) is 5.91 Å². The van der Waals surface area contributed by atoms with Crippen molar-refractivity contribution in [3.05, 3.63) is 32.3 Å². The standard InChI is InChI=1S/C10H9BrClNO/c1-5-8(11)4-7-6(9(5)12)2-3-13-10(7)14/h4H,2-3H2,1H3,(H,13,14). The molecule has 2 rings (SSSR count). The maximum absolute atomic E-state index is 11.5. The molecule has 1 aromatic rings. The van der Waals surface area contributed by atoms with Crippen LogP contribution in [0, 0.1) is 6.92 Å². The van der Waals surface area contributed by atoms with Gasteiger partial charge in [-0.25, -0.2) is 0 Å². The van der Waals surface area contributed by atoms with E-state index in [0.717, 1.165) is 22.0 Å². The van der Waals surface area contributed by atoms with Gasteiger partial charge in [-0.05, 0) is 30.5 Å². The molecule has 14 heavy (non-hydrogen) atoms. The van der Waals surface area contributed by atoms with E-state index >= 15 is 0 Å². The number of halogens is 2. The van der Waals surface area contributed by atoms with Gasteiger partial charge < -0.3 is 5.32 Å². The Labute approximate surface area is 95.8 Å². The van der Waals surface area contributed by atoms with Gasteiger partial charge in [0, 0.05) is 21.6 Å². The van der Waals surface area contributed by atoms with Gasteiger partial charge in [-0.15, -0.1) is 0 Å². The number of hydrogen-bond donors (Lipinski definition) is 1. The van der Waals surface area contributed by atoms with Crippen molar-refractivity contribution in [3.63, 3.8) is 0 Å². The fraction of sp³-hybridized carbons (Fsp3) is 0.300. The van der Waals surface area contributed by atoms with Gasteiger partial charge in [0.15, 0.2) is 0 Å². The van der Waals surface area contributed by atoms with Gasteiger partial charge in [0.25, 0.3) is 5.91 Å². The first kappa shape index (κ1) is 9.99. The van der Waals surface area contributed by atoms with Crippen molar-refractivity contribution in [1.29, 1.82) is 0 Å². The molecular formula is C10H9BrClNO. The summed E-state index contributed by atoms with van der Waals surface area (Å²) >= 11 is 9.56. The zero-order valence-electron chi connectivity index (χ0n) is 7.66. The summed E-state index contributed by atoms with van der Waals surface area (Å²) in [5, 5.41) is 3.51. The fourth-order valence-corrected chi connectivity index (χ4v) is 2.45. The highest BCUT2D eigenvalue weighted by atomic mass is 79.9. The van der Waals surface area contributed by atoms with E-state index in [4.69, 9.17) is 11.6 Å². The number of carbonyl (C=O) groups excluding carboxylic acids is 1. The van der Waals surface area contributed by atoms with Crippen molar-refractivity contribution in [1.82, 2.24) is 5.32 Å². The molecule has 4 heteroatoms. The molecule has 0 atom stereocenters. The van der Waals surface area contributed by atoms with Crippen LogP contribution in [0.25, 0.3) is 0 Å². The van der Waals surface area contributed by atoms with Crippen LogP contribution in [0.4, 0.5) is 0 Å². The third kappa shape index (κ3) is 1.44. The summed E-state index contributed by atoms with van der Waals surface area (Å²) in [5.41, 5.74) is 2.66. The number of rotatable bonds is 0. The normalized spacial score (nSPS) is 14.9. The van der Waals surface area contributed by atoms with Gasteiger partial charge in [-0.1, -0.05) is 27.5 Å². The van der Waals surface area contributed by atoms with E-state index < -0.39 is 0 Å². The molecule has 1 heterocycles. The van der Waals surface area contributed by atoms with Crippen molar-refractivity contribution >= 4 is 33.4 Å². The third-order valence-corrected chi connectivity index (χ3v) is 3.79. The SMILES string of the molecule is Cc1c(Br)cc2c(c1Cl)CCNC2=O. The second-order valence-corrected chi connectivity index (χ2v) is 4.56. The Hall–Kier alpha value is -0.540. The lowest BCUT2D eigenvalue weighted by Gasteiger charge is -2.19. The van der Waals surface area contributed by atoms with Crippen LogP contribution in [0.2, 0.25) is 5.02 Å². The minimum atomic E-state index is -0.0335. The predicted octanol–water partition coefficient (Wildman–Crippen LogP) is 2.70. The van der Waals surface area contributed by atoms with Crippen molar-refractivity contribution in [2.75, 3.05) is 6.54 Å². The van der Waals surface area contributed by atoms with Crippen LogP contribution < -0.4 is 5.32 Å². The van der Waals surface area contributed by atoms with Gasteiger partial charge in [0.2, 0.25) is 0 Å². The molecule has 0 saturated carbocycles. The van der Waals surface area contributed by atoms with Crippen LogP contribution in [0.1, 0.15) is 21.5 Å². The average Bonchev–Trinajstić information content (AvgIpc) is 2.17. The van der Waals surface area contributed by atoms with Gasteiger partial charge in [0.05, 0.1) is 0 Å². The Morgan fingerprint density at radius 2 is 2.29 bits per heavy atom. The quantitative estimate of drug-likeness (QED) is 0.774. The number of fused-ring (bicyclic) bond motifs is 1. The van der Waals surface area contributed by atoms with Crippen molar-refractivity contribution in [2.24, 2.45) is 0 Å². The van der Waals surface area contributed by atoms with E-state index in [1.54, 1.807) is 0 Å². The molecule has 0 aliphatic carbocycles. The molecule has 0 aromatic heterocycles. The second-order valence-electron chi connectivity index (χ2n) is 3.33. The molecule has 1 amide bonds. The monoisotopic (exact) mass is 273 g/mol. The van der Waals surface area contributed by atoms with Gasteiger partial charge in [-0.3, -0.25) is 4.79 Å². The molecule has 1 aromatic carbocycles. The number of benzene rings is 1. The summed E-state index contributed by atoms with van der Waals surface area (Å²) in [5.74, 6) is -0.0335. The van der Waals surface area contributed by atoms with E-state index in [1.165, 1.54) is 0 Å². The molecule has 2 nitrogen and oxygen atoms in total. The summed E-state index contributed by atoms with van der Waals surface area (Å²) in [6.45, 7) is 2.62. The zero-order chi connectivity index (χ0) is 10.3. The summed E-state index contributed by atoms with van der Waals surface area (Å²) < 4.78 is 0.887. The minimum absolute atomic E-state index is 0.0335. The summed E-state index contributed by atoms with van der Waals surface area (Å²) in [4.78, 5) is 11.5. The highest BCUT2D eigenvalue weighted by Crippen LogP contribution is 2.32. The lowest BCUT2D eigenvalue weighted by molar-refractivity contribution is 0.0946. The van der Waals surface area contributed by atoms with E-state index in [0.29, 0.717) is 17.1 Å². The molecule has 0 fully saturated rings. The number of hydrogen-bond acceptors (Lipinski definition) is 1. The van der Waals surface area contributed by atoms with Crippen LogP contribution in [0.3, 0.4) is 0 Å². The molecule has 1 N–H and O–H groups in total. The Kier molecular flexibility index (Phi) is 2.54. The van der Waals surface area contributed by atoms with Gasteiger partial charge >= 0.3 is 0 Å². The Bertz CT molecular complexity index is 417. The Morgan fingerprint density at radius 3 is 3.00 bits per heavy atom. The largest absolute Gasteiger partial charge is 0.352 e. The molecule has 74 valence electrons. The highest BCUT2D eigenvalue weighted by Gasteiger charge is 2.21. The van der Waals surface area contributed by atoms with Crippen molar-refractivity contribution in [2.45, 2.75) is 13.3 Å². The average molecular weight is 275 g/mol. The van der Waals surface area contributed by atoms with Crippen molar-refractivity contribution in [3.8, 4) is 0 Å². The lowest BCUT2D eigenvalue weighted by atomic mass is 9.98. The summed E-state index contributed by atoms with van der Waals surface area (Å²) in [6, 6.07) is 1.84. The van der Waals surface area contributed by atoms with Crippen molar-refractivity contribution < 1.29 is 4.79 Å². The van der Waals surface area contributed by atoms with Gasteiger partial charge in [0.1, 0.15) is 0 Å². The second kappa shape index (κ2) is 3.55. The maximum Gasteiger partial charge on any atom is 0.251 e. The van der Waals surface area contributed by atoms with E-state index in [1.807, 2.05) is 13.0 Å². The molecule has 0 bridgehead atoms. The first-order chi connectivity index (χ1) is 6.61. The van der Waals surface area contributed by atoms with Crippen LogP contribution in [-0.2, 0) is 6.42 Å². The molecule has 1 aliphatic rings. The predicted molar refractivity (Wildman–Crippen MR) is 59.9 cm³/mol. The minimum Gasteiger partial charge on any atom is -0.352 e. The van der Waals surface area contributed by atoms with Crippen LogP contribution in [0.15, 0.2) is 10.5 Å². The molecule has 0 spiro atoms. The Morgan fingerprint density at radius 1 is 1.57 bits per heavy atom. The van der Waals surface area contributed by atoms with Crippen LogP contribution in [-0.4, -0.2) is 12.5 Å². The Balaban J connectivity index is 2.69. The molecule has 1 aliphatic heterocycles. The molecule has 0 unspecified atom stereocenters. The maximum atomic E-state index is 11.5. The van der Waals surface area contributed by atoms with E-state index in [9.17, 15) is 4.79 Å². The first-order valence-electron chi connectivity index (χ1n) is 4.37. The summed E-state index contributed by atoms with van der Waals surface area (Å²) in [6.07, 6.45) is 0.814. The topological polar surface area (TPSA) is 29.1 Å². The molecule has 0 radical (unpaired) electrons. The lowest BCUT2D eigenvalue weighted by Crippen LogP contribution is -2.32. The number of carbonyl (C=O) groups is 1.